The monoisotopic (exact) mass is 197 g/mol. The van der Waals surface area contributed by atoms with E-state index in [1.54, 1.807) is 0 Å². The minimum Gasteiger partial charge on any atom is -0.378 e. The highest BCUT2D eigenvalue weighted by Crippen LogP contribution is 2.38. The summed E-state index contributed by atoms with van der Waals surface area (Å²) in [6, 6.07) is 0. The van der Waals surface area contributed by atoms with Crippen LogP contribution < -0.4 is 5.32 Å². The maximum atomic E-state index is 5.62. The van der Waals surface area contributed by atoms with Crippen LogP contribution in [-0.4, -0.2) is 25.3 Å². The molecule has 0 amide bonds. The molecule has 0 bridgehead atoms. The minimum absolute atomic E-state index is 0.325. The maximum Gasteiger partial charge on any atom is 0.0648 e. The van der Waals surface area contributed by atoms with Crippen LogP contribution in [0.1, 0.15) is 46.0 Å². The zero-order valence-electron chi connectivity index (χ0n) is 9.57. The van der Waals surface area contributed by atoms with E-state index in [-0.39, 0.29) is 0 Å². The van der Waals surface area contributed by atoms with Gasteiger partial charge in [0, 0.05) is 12.1 Å². The van der Waals surface area contributed by atoms with Crippen LogP contribution in [0, 0.1) is 5.41 Å². The van der Waals surface area contributed by atoms with Crippen molar-refractivity contribution in [3.63, 3.8) is 0 Å². The van der Waals surface area contributed by atoms with Gasteiger partial charge in [0.15, 0.2) is 0 Å². The molecule has 0 aromatic carbocycles. The van der Waals surface area contributed by atoms with Crippen LogP contribution >= 0.6 is 0 Å². The first-order chi connectivity index (χ1) is 6.62. The Morgan fingerprint density at radius 1 is 1.07 bits per heavy atom. The Morgan fingerprint density at radius 2 is 1.93 bits per heavy atom. The van der Waals surface area contributed by atoms with E-state index >= 15 is 0 Å². The molecule has 14 heavy (non-hydrogen) atoms. The zero-order chi connectivity index (χ0) is 10.1. The number of rotatable bonds is 0. The Kier molecular flexibility index (Phi) is 2.85. The molecule has 1 heterocycles. The lowest BCUT2D eigenvalue weighted by molar-refractivity contribution is 0.0187. The van der Waals surface area contributed by atoms with Crippen LogP contribution in [0.25, 0.3) is 0 Å². The topological polar surface area (TPSA) is 21.3 Å². The van der Waals surface area contributed by atoms with Gasteiger partial charge in [0.25, 0.3) is 0 Å². The highest BCUT2D eigenvalue weighted by Gasteiger charge is 2.36. The first kappa shape index (κ1) is 10.4. The van der Waals surface area contributed by atoms with E-state index < -0.39 is 0 Å². The largest absolute Gasteiger partial charge is 0.378 e. The van der Waals surface area contributed by atoms with Crippen molar-refractivity contribution in [1.82, 2.24) is 5.32 Å². The zero-order valence-corrected chi connectivity index (χ0v) is 9.57. The van der Waals surface area contributed by atoms with Crippen LogP contribution in [0.15, 0.2) is 0 Å². The molecule has 1 aliphatic heterocycles. The summed E-state index contributed by atoms with van der Waals surface area (Å²) >= 11 is 0. The van der Waals surface area contributed by atoms with Crippen LogP contribution in [0.3, 0.4) is 0 Å². The molecule has 1 atom stereocenters. The van der Waals surface area contributed by atoms with Crippen molar-refractivity contribution >= 4 is 0 Å². The SMILES string of the molecule is CC1(C)CCCC2(CC1)COCCN2. The molecule has 2 aliphatic rings. The van der Waals surface area contributed by atoms with Crippen molar-refractivity contribution in [1.29, 1.82) is 0 Å². The molecule has 1 unspecified atom stereocenters. The number of hydrogen-bond donors (Lipinski definition) is 1. The van der Waals surface area contributed by atoms with Gasteiger partial charge in [-0.1, -0.05) is 20.3 Å². The molecule has 2 heteroatoms. The molecule has 0 aromatic heterocycles. The summed E-state index contributed by atoms with van der Waals surface area (Å²) in [7, 11) is 0. The van der Waals surface area contributed by atoms with E-state index in [9.17, 15) is 0 Å². The average Bonchev–Trinajstić information content (AvgIpc) is 2.29. The first-order valence-corrected chi connectivity index (χ1v) is 5.95. The fraction of sp³-hybridized carbons (Fsp3) is 1.00. The average molecular weight is 197 g/mol. The van der Waals surface area contributed by atoms with Gasteiger partial charge in [0.05, 0.1) is 13.2 Å². The van der Waals surface area contributed by atoms with Gasteiger partial charge < -0.3 is 10.1 Å². The summed E-state index contributed by atoms with van der Waals surface area (Å²) in [5, 5.41) is 3.69. The van der Waals surface area contributed by atoms with Gasteiger partial charge in [0.1, 0.15) is 0 Å². The van der Waals surface area contributed by atoms with Crippen LogP contribution in [0.5, 0.6) is 0 Å². The summed E-state index contributed by atoms with van der Waals surface area (Å²) in [6.45, 7) is 7.67. The van der Waals surface area contributed by atoms with Crippen molar-refractivity contribution in [3.05, 3.63) is 0 Å². The highest BCUT2D eigenvalue weighted by atomic mass is 16.5. The van der Waals surface area contributed by atoms with Crippen molar-refractivity contribution in [2.45, 2.75) is 51.5 Å². The molecule has 2 fully saturated rings. The fourth-order valence-electron chi connectivity index (χ4n) is 2.76. The van der Waals surface area contributed by atoms with Crippen molar-refractivity contribution in [2.75, 3.05) is 19.8 Å². The standard InChI is InChI=1S/C12H23NO/c1-11(2)4-3-5-12(7-6-11)10-14-9-8-13-12/h13H,3-10H2,1-2H3. The van der Waals surface area contributed by atoms with E-state index in [0.29, 0.717) is 11.0 Å². The fourth-order valence-corrected chi connectivity index (χ4v) is 2.76. The van der Waals surface area contributed by atoms with Gasteiger partial charge in [0.2, 0.25) is 0 Å². The number of hydrogen-bond acceptors (Lipinski definition) is 2. The van der Waals surface area contributed by atoms with Gasteiger partial charge >= 0.3 is 0 Å². The van der Waals surface area contributed by atoms with E-state index in [4.69, 9.17) is 4.74 Å². The second kappa shape index (κ2) is 3.82. The summed E-state index contributed by atoms with van der Waals surface area (Å²) in [6.07, 6.45) is 6.65. The molecule has 1 N–H and O–H groups in total. The summed E-state index contributed by atoms with van der Waals surface area (Å²) < 4.78 is 5.62. The quantitative estimate of drug-likeness (QED) is 0.643. The number of nitrogens with one attached hydrogen (secondary N) is 1. The van der Waals surface area contributed by atoms with Crippen molar-refractivity contribution in [2.24, 2.45) is 5.41 Å². The van der Waals surface area contributed by atoms with Crippen LogP contribution in [0.2, 0.25) is 0 Å². The molecule has 0 aromatic rings. The molecule has 1 saturated carbocycles. The summed E-state index contributed by atoms with van der Waals surface area (Å²) in [4.78, 5) is 0. The lowest BCUT2D eigenvalue weighted by atomic mass is 9.83. The van der Waals surface area contributed by atoms with E-state index in [0.717, 1.165) is 19.8 Å². The molecule has 2 rings (SSSR count). The molecule has 2 nitrogen and oxygen atoms in total. The summed E-state index contributed by atoms with van der Waals surface area (Å²) in [5.74, 6) is 0. The molecule has 0 radical (unpaired) electrons. The molecule has 1 aliphatic carbocycles. The lowest BCUT2D eigenvalue weighted by Crippen LogP contribution is -2.53. The van der Waals surface area contributed by atoms with Crippen LogP contribution in [-0.2, 0) is 4.74 Å². The van der Waals surface area contributed by atoms with Crippen molar-refractivity contribution in [3.8, 4) is 0 Å². The number of morpholine rings is 1. The first-order valence-electron chi connectivity index (χ1n) is 5.95. The van der Waals surface area contributed by atoms with E-state index in [1.165, 1.54) is 32.1 Å². The number of ether oxygens (including phenoxy) is 1. The predicted molar refractivity (Wildman–Crippen MR) is 58.4 cm³/mol. The molecular weight excluding hydrogens is 174 g/mol. The Balaban J connectivity index is 1.99. The molecule has 82 valence electrons. The van der Waals surface area contributed by atoms with Crippen molar-refractivity contribution < 1.29 is 4.74 Å². The van der Waals surface area contributed by atoms with Gasteiger partial charge in [-0.05, 0) is 31.1 Å². The highest BCUT2D eigenvalue weighted by molar-refractivity contribution is 4.94. The molecule has 1 saturated heterocycles. The Labute approximate surface area is 87.4 Å². The van der Waals surface area contributed by atoms with Gasteiger partial charge in [-0.15, -0.1) is 0 Å². The van der Waals surface area contributed by atoms with Crippen LogP contribution in [0.4, 0.5) is 0 Å². The summed E-state index contributed by atoms with van der Waals surface area (Å²) in [5.41, 5.74) is 0.870. The van der Waals surface area contributed by atoms with Gasteiger partial charge in [-0.25, -0.2) is 0 Å². The molecule has 1 spiro atoms. The smallest absolute Gasteiger partial charge is 0.0648 e. The third-order valence-electron chi connectivity index (χ3n) is 3.91. The predicted octanol–water partition coefficient (Wildman–Crippen LogP) is 2.34. The van der Waals surface area contributed by atoms with E-state index in [2.05, 4.69) is 19.2 Å². The maximum absolute atomic E-state index is 5.62. The normalized spacial score (nSPS) is 38.1. The third kappa shape index (κ3) is 2.29. The Hall–Kier alpha value is -0.0800. The van der Waals surface area contributed by atoms with Gasteiger partial charge in [-0.2, -0.15) is 0 Å². The Bertz CT molecular complexity index is 194. The second-order valence-electron chi connectivity index (χ2n) is 5.78. The minimum atomic E-state index is 0.325. The van der Waals surface area contributed by atoms with Gasteiger partial charge in [-0.3, -0.25) is 0 Å². The second-order valence-corrected chi connectivity index (χ2v) is 5.78. The molecular formula is C12H23NO. The lowest BCUT2D eigenvalue weighted by Gasteiger charge is -2.38. The Morgan fingerprint density at radius 3 is 2.64 bits per heavy atom. The van der Waals surface area contributed by atoms with E-state index in [1.807, 2.05) is 0 Å². The third-order valence-corrected chi connectivity index (χ3v) is 3.91.